The fraction of sp³-hybridized carbons (Fsp3) is 0.647. The average molecular weight is 262 g/mol. The molecule has 0 aliphatic carbocycles. The molecule has 2 unspecified atom stereocenters. The third-order valence-corrected chi connectivity index (χ3v) is 3.95. The third kappa shape index (κ3) is 4.05. The zero-order chi connectivity index (χ0) is 13.9. The Morgan fingerprint density at radius 3 is 2.47 bits per heavy atom. The number of benzene rings is 1. The van der Waals surface area contributed by atoms with Crippen LogP contribution in [0.25, 0.3) is 0 Å². The minimum Gasteiger partial charge on any atom is -0.388 e. The topological polar surface area (TPSA) is 29.5 Å². The largest absolute Gasteiger partial charge is 0.388 e. The van der Waals surface area contributed by atoms with E-state index in [2.05, 4.69) is 45.0 Å². The highest BCUT2D eigenvalue weighted by atomic mass is 16.5. The van der Waals surface area contributed by atoms with Gasteiger partial charge in [0.2, 0.25) is 0 Å². The van der Waals surface area contributed by atoms with Crippen molar-refractivity contribution in [3.05, 3.63) is 35.4 Å². The van der Waals surface area contributed by atoms with Crippen molar-refractivity contribution in [3.8, 4) is 0 Å². The molecule has 1 aromatic rings. The van der Waals surface area contributed by atoms with Crippen LogP contribution >= 0.6 is 0 Å². The van der Waals surface area contributed by atoms with Crippen molar-refractivity contribution in [3.63, 3.8) is 0 Å². The Morgan fingerprint density at radius 2 is 1.95 bits per heavy atom. The quantitative estimate of drug-likeness (QED) is 0.889. The van der Waals surface area contributed by atoms with E-state index in [9.17, 15) is 5.11 Å². The predicted molar refractivity (Wildman–Crippen MR) is 78.3 cm³/mol. The summed E-state index contributed by atoms with van der Waals surface area (Å²) in [4.78, 5) is 0. The Hall–Kier alpha value is -0.860. The molecule has 2 rings (SSSR count). The van der Waals surface area contributed by atoms with Gasteiger partial charge in [0.05, 0.1) is 12.2 Å². The van der Waals surface area contributed by atoms with E-state index in [1.165, 1.54) is 12.0 Å². The molecule has 2 heteroatoms. The van der Waals surface area contributed by atoms with Crippen LogP contribution in [-0.4, -0.2) is 17.8 Å². The lowest BCUT2D eigenvalue weighted by molar-refractivity contribution is 0.0812. The molecular formula is C17H26O2. The smallest absolute Gasteiger partial charge is 0.0791 e. The maximum atomic E-state index is 10.2. The van der Waals surface area contributed by atoms with Crippen LogP contribution in [0.2, 0.25) is 0 Å². The molecule has 1 aliphatic rings. The van der Waals surface area contributed by atoms with E-state index in [0.717, 1.165) is 31.4 Å². The van der Waals surface area contributed by atoms with Crippen molar-refractivity contribution in [2.75, 3.05) is 6.61 Å². The van der Waals surface area contributed by atoms with Crippen molar-refractivity contribution >= 4 is 0 Å². The molecule has 1 aliphatic heterocycles. The molecule has 1 N–H and O–H groups in total. The maximum absolute atomic E-state index is 10.2. The van der Waals surface area contributed by atoms with Crippen molar-refractivity contribution in [2.45, 2.75) is 64.1 Å². The molecule has 1 heterocycles. The lowest BCUT2D eigenvalue weighted by Crippen LogP contribution is -2.11. The minimum absolute atomic E-state index is 0.168. The summed E-state index contributed by atoms with van der Waals surface area (Å²) < 4.78 is 5.59. The van der Waals surface area contributed by atoms with Gasteiger partial charge in [-0.15, -0.1) is 0 Å². The Morgan fingerprint density at radius 1 is 1.26 bits per heavy atom. The first-order chi connectivity index (χ1) is 8.97. The van der Waals surface area contributed by atoms with E-state index in [1.54, 1.807) is 0 Å². The van der Waals surface area contributed by atoms with Gasteiger partial charge >= 0.3 is 0 Å². The van der Waals surface area contributed by atoms with E-state index in [0.29, 0.717) is 6.10 Å². The van der Waals surface area contributed by atoms with Crippen molar-refractivity contribution < 1.29 is 9.84 Å². The number of aliphatic hydroxyl groups is 1. The monoisotopic (exact) mass is 262 g/mol. The molecule has 19 heavy (non-hydrogen) atoms. The van der Waals surface area contributed by atoms with E-state index >= 15 is 0 Å². The van der Waals surface area contributed by atoms with Gasteiger partial charge in [0.25, 0.3) is 0 Å². The fourth-order valence-corrected chi connectivity index (χ4v) is 2.59. The highest BCUT2D eigenvalue weighted by Crippen LogP contribution is 2.27. The number of hydrogen-bond donors (Lipinski definition) is 1. The van der Waals surface area contributed by atoms with Crippen molar-refractivity contribution in [1.29, 1.82) is 0 Å². The molecule has 0 radical (unpaired) electrons. The molecule has 1 aromatic carbocycles. The zero-order valence-electron chi connectivity index (χ0n) is 12.4. The van der Waals surface area contributed by atoms with Gasteiger partial charge in [-0.1, -0.05) is 45.0 Å². The summed E-state index contributed by atoms with van der Waals surface area (Å²) in [5, 5.41) is 10.2. The number of hydrogen-bond acceptors (Lipinski definition) is 2. The zero-order valence-corrected chi connectivity index (χ0v) is 12.4. The molecule has 0 spiro atoms. The van der Waals surface area contributed by atoms with Crippen molar-refractivity contribution in [1.82, 2.24) is 0 Å². The van der Waals surface area contributed by atoms with E-state index < -0.39 is 0 Å². The van der Waals surface area contributed by atoms with Crippen LogP contribution in [0.4, 0.5) is 0 Å². The second-order valence-electron chi connectivity index (χ2n) is 6.60. The van der Waals surface area contributed by atoms with Gasteiger partial charge in [-0.2, -0.15) is 0 Å². The Kier molecular flexibility index (Phi) is 4.64. The van der Waals surface area contributed by atoms with Crippen molar-refractivity contribution in [2.24, 2.45) is 0 Å². The molecule has 0 saturated carbocycles. The van der Waals surface area contributed by atoms with E-state index in [4.69, 9.17) is 4.74 Å². The lowest BCUT2D eigenvalue weighted by Gasteiger charge is -2.20. The third-order valence-electron chi connectivity index (χ3n) is 3.95. The second kappa shape index (κ2) is 6.06. The molecular weight excluding hydrogens is 236 g/mol. The van der Waals surface area contributed by atoms with Gasteiger partial charge < -0.3 is 9.84 Å². The summed E-state index contributed by atoms with van der Waals surface area (Å²) in [5.41, 5.74) is 2.50. The van der Waals surface area contributed by atoms with Crippen LogP contribution in [-0.2, 0) is 10.2 Å². The van der Waals surface area contributed by atoms with E-state index in [1.807, 2.05) is 0 Å². The Labute approximate surface area is 116 Å². The normalized spacial score (nSPS) is 21.6. The Balaban J connectivity index is 1.89. The Bertz CT molecular complexity index is 383. The molecule has 0 amide bonds. The standard InChI is InChI=1S/C17H26O2/c1-17(2,3)14-8-6-13(7-9-14)16(18)11-10-15-5-4-12-19-15/h6-9,15-16,18H,4-5,10-12H2,1-3H3. The minimum atomic E-state index is -0.363. The van der Waals surface area contributed by atoms with Gasteiger partial charge in [-0.25, -0.2) is 0 Å². The van der Waals surface area contributed by atoms with Crippen LogP contribution in [0, 0.1) is 0 Å². The summed E-state index contributed by atoms with van der Waals surface area (Å²) in [6.45, 7) is 7.50. The molecule has 1 fully saturated rings. The van der Waals surface area contributed by atoms with Gasteiger partial charge in [0.1, 0.15) is 0 Å². The maximum Gasteiger partial charge on any atom is 0.0791 e. The number of aliphatic hydroxyl groups excluding tert-OH is 1. The lowest BCUT2D eigenvalue weighted by atomic mass is 9.86. The summed E-state index contributed by atoms with van der Waals surface area (Å²) in [6.07, 6.45) is 4.07. The molecule has 2 nitrogen and oxygen atoms in total. The van der Waals surface area contributed by atoms with Gasteiger partial charge in [0.15, 0.2) is 0 Å². The summed E-state index contributed by atoms with van der Waals surface area (Å²) in [6, 6.07) is 8.37. The van der Waals surface area contributed by atoms with E-state index in [-0.39, 0.29) is 11.5 Å². The molecule has 2 atom stereocenters. The first kappa shape index (κ1) is 14.5. The summed E-state index contributed by atoms with van der Waals surface area (Å²) in [7, 11) is 0. The highest BCUT2D eigenvalue weighted by Gasteiger charge is 2.18. The van der Waals surface area contributed by atoms with Crippen LogP contribution in [0.5, 0.6) is 0 Å². The predicted octanol–water partition coefficient (Wildman–Crippen LogP) is 3.98. The average Bonchev–Trinajstić information content (AvgIpc) is 2.88. The summed E-state index contributed by atoms with van der Waals surface area (Å²) >= 11 is 0. The van der Waals surface area contributed by atoms with Crippen LogP contribution in [0.1, 0.15) is 63.7 Å². The summed E-state index contributed by atoms with van der Waals surface area (Å²) in [5.74, 6) is 0. The first-order valence-corrected chi connectivity index (χ1v) is 7.37. The van der Waals surface area contributed by atoms with Crippen LogP contribution in [0.15, 0.2) is 24.3 Å². The van der Waals surface area contributed by atoms with Gasteiger partial charge in [0, 0.05) is 6.61 Å². The number of rotatable bonds is 4. The van der Waals surface area contributed by atoms with Gasteiger partial charge in [-0.3, -0.25) is 0 Å². The highest BCUT2D eigenvalue weighted by molar-refractivity contribution is 5.28. The van der Waals surface area contributed by atoms with Crippen LogP contribution in [0.3, 0.4) is 0 Å². The molecule has 0 aromatic heterocycles. The molecule has 0 bridgehead atoms. The second-order valence-corrected chi connectivity index (χ2v) is 6.60. The van der Waals surface area contributed by atoms with Crippen LogP contribution < -0.4 is 0 Å². The number of ether oxygens (including phenoxy) is 1. The van der Waals surface area contributed by atoms with Gasteiger partial charge in [-0.05, 0) is 42.2 Å². The molecule has 106 valence electrons. The molecule has 1 saturated heterocycles. The SMILES string of the molecule is CC(C)(C)c1ccc(C(O)CCC2CCCO2)cc1. The fourth-order valence-electron chi connectivity index (χ4n) is 2.59. The first-order valence-electron chi connectivity index (χ1n) is 7.37.